The van der Waals surface area contributed by atoms with Crippen LogP contribution < -0.4 is 5.32 Å². The number of nitrogens with zero attached hydrogens (tertiary/aromatic N) is 2. The quantitative estimate of drug-likeness (QED) is 0.706. The van der Waals surface area contributed by atoms with Crippen LogP contribution in [-0.4, -0.2) is 47.6 Å². The van der Waals surface area contributed by atoms with Crippen molar-refractivity contribution in [2.45, 2.75) is 17.9 Å². The van der Waals surface area contributed by atoms with Crippen LogP contribution in [0.15, 0.2) is 52.1 Å². The summed E-state index contributed by atoms with van der Waals surface area (Å²) in [5.41, 5.74) is 1.33. The molecule has 2 amide bonds. The molecule has 0 bridgehead atoms. The fourth-order valence-corrected chi connectivity index (χ4v) is 3.97. The summed E-state index contributed by atoms with van der Waals surface area (Å²) in [6.07, 6.45) is 5.42. The maximum atomic E-state index is 12.8. The molecule has 5 nitrogen and oxygen atoms in total. The van der Waals surface area contributed by atoms with Crippen LogP contribution in [0.4, 0.5) is 0 Å². The number of hydrogen-bond acceptors (Lipinski definition) is 4. The number of carbonyl (C=O) groups is 2. The minimum atomic E-state index is -0.0546. The third-order valence-electron chi connectivity index (χ3n) is 4.75. The van der Waals surface area contributed by atoms with E-state index in [9.17, 15) is 9.59 Å². The molecule has 0 unspecified atom stereocenters. The predicted molar refractivity (Wildman–Crippen MR) is 111 cm³/mol. The summed E-state index contributed by atoms with van der Waals surface area (Å²) in [5, 5.41) is 3.78. The lowest BCUT2D eigenvalue weighted by Gasteiger charge is -2.32. The summed E-state index contributed by atoms with van der Waals surface area (Å²) in [7, 11) is 0. The number of nitrogens with one attached hydrogen (secondary N) is 1. The highest BCUT2D eigenvalue weighted by molar-refractivity contribution is 9.10. The van der Waals surface area contributed by atoms with E-state index in [4.69, 9.17) is 0 Å². The predicted octanol–water partition coefficient (Wildman–Crippen LogP) is 3.85. The van der Waals surface area contributed by atoms with Gasteiger partial charge in [0.25, 0.3) is 11.8 Å². The third kappa shape index (κ3) is 5.11. The number of piperidine rings is 1. The zero-order chi connectivity index (χ0) is 19.2. The first-order chi connectivity index (χ1) is 13.1. The van der Waals surface area contributed by atoms with E-state index in [1.165, 1.54) is 11.8 Å². The summed E-state index contributed by atoms with van der Waals surface area (Å²) < 4.78 is 0.953. The number of benzene rings is 1. The number of halogens is 1. The number of carbonyl (C=O) groups excluding carboxylic acids is 2. The molecule has 142 valence electrons. The van der Waals surface area contributed by atoms with Crippen molar-refractivity contribution < 1.29 is 9.59 Å². The summed E-state index contributed by atoms with van der Waals surface area (Å²) in [5.74, 6) is 0.383. The molecule has 0 atom stereocenters. The number of rotatable bonds is 5. The topological polar surface area (TPSA) is 62.3 Å². The van der Waals surface area contributed by atoms with Crippen LogP contribution in [0.2, 0.25) is 0 Å². The van der Waals surface area contributed by atoms with Gasteiger partial charge < -0.3 is 10.2 Å². The van der Waals surface area contributed by atoms with E-state index in [0.29, 0.717) is 36.7 Å². The molecule has 3 rings (SSSR count). The molecule has 0 spiro atoms. The maximum absolute atomic E-state index is 12.8. The third-order valence-corrected chi connectivity index (χ3v) is 6.00. The Labute approximate surface area is 172 Å². The highest BCUT2D eigenvalue weighted by Gasteiger charge is 2.25. The molecular formula is C20H22BrN3O2S. The average Bonchev–Trinajstić information content (AvgIpc) is 2.72. The lowest BCUT2D eigenvalue weighted by molar-refractivity contribution is 0.0680. The molecule has 1 saturated heterocycles. The Morgan fingerprint density at radius 1 is 1.22 bits per heavy atom. The Hall–Kier alpha value is -1.86. The zero-order valence-electron chi connectivity index (χ0n) is 15.2. The molecule has 1 aliphatic heterocycles. The lowest BCUT2D eigenvalue weighted by Crippen LogP contribution is -2.41. The molecule has 0 saturated carbocycles. The summed E-state index contributed by atoms with van der Waals surface area (Å²) in [6, 6.07) is 11.0. The summed E-state index contributed by atoms with van der Waals surface area (Å²) >= 11 is 4.86. The molecule has 2 heterocycles. The van der Waals surface area contributed by atoms with E-state index in [0.717, 1.165) is 22.3 Å². The fraction of sp³-hybridized carbons (Fsp3) is 0.350. The van der Waals surface area contributed by atoms with Crippen LogP contribution in [0, 0.1) is 5.92 Å². The van der Waals surface area contributed by atoms with Gasteiger partial charge in [0.1, 0.15) is 5.03 Å². The van der Waals surface area contributed by atoms with Gasteiger partial charge >= 0.3 is 0 Å². The van der Waals surface area contributed by atoms with Gasteiger partial charge in [-0.15, -0.1) is 11.8 Å². The van der Waals surface area contributed by atoms with Gasteiger partial charge in [0.05, 0.1) is 5.56 Å². The Balaban J connectivity index is 1.49. The van der Waals surface area contributed by atoms with E-state index in [1.54, 1.807) is 24.4 Å². The minimum Gasteiger partial charge on any atom is -0.352 e. The fourth-order valence-electron chi connectivity index (χ4n) is 3.17. The highest BCUT2D eigenvalue weighted by atomic mass is 79.9. The number of pyridine rings is 1. The molecule has 1 aromatic carbocycles. The Morgan fingerprint density at radius 2 is 1.93 bits per heavy atom. The SMILES string of the molecule is CSc1ncccc1C(=O)N1CCC(CNC(=O)c2ccc(Br)cc2)CC1. The van der Waals surface area contributed by atoms with Crippen molar-refractivity contribution >= 4 is 39.5 Å². The minimum absolute atomic E-state index is 0.0461. The van der Waals surface area contributed by atoms with Gasteiger partial charge in [0.2, 0.25) is 0 Å². The molecule has 27 heavy (non-hydrogen) atoms. The van der Waals surface area contributed by atoms with E-state index >= 15 is 0 Å². The van der Waals surface area contributed by atoms with Gasteiger partial charge in [-0.3, -0.25) is 9.59 Å². The first-order valence-electron chi connectivity index (χ1n) is 8.90. The van der Waals surface area contributed by atoms with Gasteiger partial charge in [-0.25, -0.2) is 4.98 Å². The van der Waals surface area contributed by atoms with Crippen LogP contribution in [-0.2, 0) is 0 Å². The molecule has 7 heteroatoms. The van der Waals surface area contributed by atoms with Crippen molar-refractivity contribution in [1.29, 1.82) is 0 Å². The van der Waals surface area contributed by atoms with Crippen LogP contribution in [0.3, 0.4) is 0 Å². The zero-order valence-corrected chi connectivity index (χ0v) is 17.6. The van der Waals surface area contributed by atoms with Gasteiger partial charge in [0, 0.05) is 35.9 Å². The second kappa shape index (κ2) is 9.37. The van der Waals surface area contributed by atoms with Crippen molar-refractivity contribution in [2.75, 3.05) is 25.9 Å². The number of amides is 2. The molecule has 1 N–H and O–H groups in total. The number of hydrogen-bond donors (Lipinski definition) is 1. The molecule has 1 aromatic heterocycles. The van der Waals surface area contributed by atoms with E-state index < -0.39 is 0 Å². The maximum Gasteiger partial charge on any atom is 0.256 e. The van der Waals surface area contributed by atoms with E-state index in [1.807, 2.05) is 29.4 Å². The van der Waals surface area contributed by atoms with Gasteiger partial charge in [-0.1, -0.05) is 15.9 Å². The van der Waals surface area contributed by atoms with Crippen LogP contribution >= 0.6 is 27.7 Å². The van der Waals surface area contributed by atoms with Crippen molar-refractivity contribution in [2.24, 2.45) is 5.92 Å². The Bertz CT molecular complexity index is 805. The van der Waals surface area contributed by atoms with Crippen molar-refractivity contribution in [3.05, 3.63) is 58.2 Å². The standard InChI is InChI=1S/C20H22BrN3O2S/c1-27-19-17(3-2-10-22-19)20(26)24-11-8-14(9-12-24)13-23-18(25)15-4-6-16(21)7-5-15/h2-7,10,14H,8-9,11-13H2,1H3,(H,23,25). The van der Waals surface area contributed by atoms with Crippen molar-refractivity contribution in [3.8, 4) is 0 Å². The van der Waals surface area contributed by atoms with Crippen LogP contribution in [0.25, 0.3) is 0 Å². The largest absolute Gasteiger partial charge is 0.352 e. The molecule has 0 aliphatic carbocycles. The van der Waals surface area contributed by atoms with Crippen molar-refractivity contribution in [1.82, 2.24) is 15.2 Å². The monoisotopic (exact) mass is 447 g/mol. The average molecular weight is 448 g/mol. The number of likely N-dealkylation sites (tertiary alicyclic amines) is 1. The highest BCUT2D eigenvalue weighted by Crippen LogP contribution is 2.22. The first kappa shape index (κ1) is 19.9. The molecule has 1 fully saturated rings. The second-order valence-electron chi connectivity index (χ2n) is 6.51. The molecule has 1 aliphatic rings. The number of aromatic nitrogens is 1. The first-order valence-corrected chi connectivity index (χ1v) is 10.9. The Morgan fingerprint density at radius 3 is 2.59 bits per heavy atom. The van der Waals surface area contributed by atoms with Gasteiger partial charge in [-0.05, 0) is 61.4 Å². The van der Waals surface area contributed by atoms with E-state index in [-0.39, 0.29) is 11.8 Å². The van der Waals surface area contributed by atoms with Crippen molar-refractivity contribution in [3.63, 3.8) is 0 Å². The second-order valence-corrected chi connectivity index (χ2v) is 8.22. The molecule has 0 radical (unpaired) electrons. The van der Waals surface area contributed by atoms with Gasteiger partial charge in [-0.2, -0.15) is 0 Å². The Kier molecular flexibility index (Phi) is 6.90. The van der Waals surface area contributed by atoms with Crippen LogP contribution in [0.5, 0.6) is 0 Å². The van der Waals surface area contributed by atoms with E-state index in [2.05, 4.69) is 26.2 Å². The summed E-state index contributed by atoms with van der Waals surface area (Å²) in [4.78, 5) is 31.2. The smallest absolute Gasteiger partial charge is 0.256 e. The molecular weight excluding hydrogens is 426 g/mol. The van der Waals surface area contributed by atoms with Crippen LogP contribution in [0.1, 0.15) is 33.6 Å². The van der Waals surface area contributed by atoms with Gasteiger partial charge in [0.15, 0.2) is 0 Å². The number of thioether (sulfide) groups is 1. The summed E-state index contributed by atoms with van der Waals surface area (Å²) in [6.45, 7) is 2.06. The normalized spacial score (nSPS) is 14.8. The lowest BCUT2D eigenvalue weighted by atomic mass is 9.96. The molecule has 2 aromatic rings.